The lowest BCUT2D eigenvalue weighted by atomic mass is 9.95. The molecule has 0 aromatic heterocycles. The van der Waals surface area contributed by atoms with E-state index >= 15 is 0 Å². The van der Waals surface area contributed by atoms with Crippen molar-refractivity contribution in [3.63, 3.8) is 0 Å². The first-order valence-corrected chi connectivity index (χ1v) is 11.8. The van der Waals surface area contributed by atoms with Crippen molar-refractivity contribution >= 4 is 29.1 Å². The number of ketones is 1. The van der Waals surface area contributed by atoms with Crippen LogP contribution in [0.3, 0.4) is 0 Å². The molecular weight excluding hydrogens is 474 g/mol. The predicted octanol–water partition coefficient (Wildman–Crippen LogP) is 4.90. The largest absolute Gasteiger partial charge is 0.507 e. The Morgan fingerprint density at radius 2 is 1.59 bits per heavy atom. The van der Waals surface area contributed by atoms with Crippen LogP contribution in [0, 0.1) is 0 Å². The Balaban J connectivity index is 1.85. The quantitative estimate of drug-likeness (QED) is 0.203. The highest BCUT2D eigenvalue weighted by molar-refractivity contribution is 6.51. The molecule has 8 nitrogen and oxygen atoms in total. The Bertz CT molecular complexity index is 1340. The van der Waals surface area contributed by atoms with Gasteiger partial charge >= 0.3 is 5.97 Å². The van der Waals surface area contributed by atoms with Crippen molar-refractivity contribution in [2.24, 2.45) is 0 Å². The van der Waals surface area contributed by atoms with Crippen LogP contribution in [0.25, 0.3) is 5.76 Å². The topological polar surface area (TPSA) is 102 Å². The lowest BCUT2D eigenvalue weighted by molar-refractivity contribution is -0.132. The van der Waals surface area contributed by atoms with Gasteiger partial charge < -0.3 is 19.3 Å². The van der Waals surface area contributed by atoms with Gasteiger partial charge in [-0.2, -0.15) is 0 Å². The Kier molecular flexibility index (Phi) is 7.57. The number of rotatable bonds is 8. The number of carbonyl (C=O) groups excluding carboxylic acids is 3. The van der Waals surface area contributed by atoms with E-state index in [1.54, 1.807) is 66.7 Å². The molecule has 1 aliphatic heterocycles. The number of ether oxygens (including phenoxy) is 3. The molecule has 0 saturated carbocycles. The fourth-order valence-corrected chi connectivity index (χ4v) is 4.19. The fourth-order valence-electron chi connectivity index (χ4n) is 4.19. The van der Waals surface area contributed by atoms with Crippen molar-refractivity contribution in [2.45, 2.75) is 19.4 Å². The molecule has 0 radical (unpaired) electrons. The number of benzene rings is 3. The van der Waals surface area contributed by atoms with Gasteiger partial charge in [-0.1, -0.05) is 25.1 Å². The molecule has 3 aromatic carbocycles. The van der Waals surface area contributed by atoms with E-state index < -0.39 is 23.7 Å². The van der Waals surface area contributed by atoms with Gasteiger partial charge in [-0.15, -0.1) is 0 Å². The van der Waals surface area contributed by atoms with Crippen LogP contribution in [0.15, 0.2) is 78.4 Å². The third kappa shape index (κ3) is 5.04. The number of aliphatic hydroxyl groups is 1. The summed E-state index contributed by atoms with van der Waals surface area (Å²) < 4.78 is 15.7. The van der Waals surface area contributed by atoms with Crippen molar-refractivity contribution in [3.8, 4) is 11.5 Å². The number of anilines is 1. The van der Waals surface area contributed by atoms with Gasteiger partial charge in [0.05, 0.1) is 38.0 Å². The van der Waals surface area contributed by atoms with E-state index in [4.69, 9.17) is 14.2 Å². The number of methoxy groups -OCH3 is 2. The number of carbonyl (C=O) groups is 3. The van der Waals surface area contributed by atoms with E-state index in [-0.39, 0.29) is 16.9 Å². The van der Waals surface area contributed by atoms with Crippen molar-refractivity contribution in [1.29, 1.82) is 0 Å². The lowest BCUT2D eigenvalue weighted by Gasteiger charge is -2.26. The molecule has 1 fully saturated rings. The van der Waals surface area contributed by atoms with E-state index in [0.717, 1.165) is 6.42 Å². The first-order chi connectivity index (χ1) is 17.9. The molecule has 0 spiro atoms. The molecule has 37 heavy (non-hydrogen) atoms. The van der Waals surface area contributed by atoms with Gasteiger partial charge in [0.2, 0.25) is 0 Å². The average Bonchev–Trinajstić information content (AvgIpc) is 3.21. The molecule has 1 unspecified atom stereocenters. The fraction of sp³-hybridized carbons (Fsp3) is 0.207. The van der Waals surface area contributed by atoms with Gasteiger partial charge in [-0.3, -0.25) is 14.5 Å². The maximum Gasteiger partial charge on any atom is 0.337 e. The molecule has 190 valence electrons. The van der Waals surface area contributed by atoms with E-state index in [1.165, 1.54) is 25.2 Å². The molecule has 1 saturated heterocycles. The molecule has 0 bridgehead atoms. The zero-order valence-electron chi connectivity index (χ0n) is 20.8. The van der Waals surface area contributed by atoms with E-state index in [2.05, 4.69) is 0 Å². The Morgan fingerprint density at radius 1 is 0.919 bits per heavy atom. The van der Waals surface area contributed by atoms with E-state index in [9.17, 15) is 19.5 Å². The minimum atomic E-state index is -0.949. The maximum atomic E-state index is 13.4. The van der Waals surface area contributed by atoms with Crippen LogP contribution >= 0.6 is 0 Å². The summed E-state index contributed by atoms with van der Waals surface area (Å²) in [5, 5.41) is 11.3. The molecule has 8 heteroatoms. The van der Waals surface area contributed by atoms with Gasteiger partial charge in [-0.25, -0.2) is 4.79 Å². The minimum absolute atomic E-state index is 0.0686. The Morgan fingerprint density at radius 3 is 2.22 bits per heavy atom. The highest BCUT2D eigenvalue weighted by atomic mass is 16.5. The normalized spacial score (nSPS) is 16.5. The zero-order chi connectivity index (χ0) is 26.5. The maximum absolute atomic E-state index is 13.4. The van der Waals surface area contributed by atoms with Gasteiger partial charge in [-0.05, 0) is 66.6 Å². The monoisotopic (exact) mass is 501 g/mol. The lowest BCUT2D eigenvalue weighted by Crippen LogP contribution is -2.29. The first-order valence-electron chi connectivity index (χ1n) is 11.8. The van der Waals surface area contributed by atoms with Crippen molar-refractivity contribution in [1.82, 2.24) is 0 Å². The third-order valence-electron chi connectivity index (χ3n) is 6.02. The first kappa shape index (κ1) is 25.5. The average molecular weight is 502 g/mol. The van der Waals surface area contributed by atoms with Crippen LogP contribution in [0.2, 0.25) is 0 Å². The number of hydrogen-bond acceptors (Lipinski definition) is 7. The van der Waals surface area contributed by atoms with Crippen molar-refractivity contribution in [3.05, 3.63) is 95.1 Å². The van der Waals surface area contributed by atoms with Crippen LogP contribution in [-0.2, 0) is 14.3 Å². The van der Waals surface area contributed by atoms with Crippen molar-refractivity contribution < 1.29 is 33.7 Å². The Labute approximate surface area is 214 Å². The van der Waals surface area contributed by atoms with Crippen LogP contribution in [0.4, 0.5) is 5.69 Å². The summed E-state index contributed by atoms with van der Waals surface area (Å²) in [6, 6.07) is 18.8. The molecular formula is C29H27NO7. The van der Waals surface area contributed by atoms with Gasteiger partial charge in [0.25, 0.3) is 11.7 Å². The number of nitrogens with zero attached hydrogens (tertiary/aromatic N) is 1. The van der Waals surface area contributed by atoms with Crippen LogP contribution in [-0.4, -0.2) is 43.6 Å². The predicted molar refractivity (Wildman–Crippen MR) is 138 cm³/mol. The second kappa shape index (κ2) is 11.0. The van der Waals surface area contributed by atoms with Crippen LogP contribution < -0.4 is 14.4 Å². The SMILES string of the molecule is CCCOc1ccc(/C(O)=C2\C(=O)C(=O)N(c3cccc(C(=O)OC)c3)C2c2ccc(OC)cc2)cc1. The molecule has 4 rings (SSSR count). The van der Waals surface area contributed by atoms with E-state index in [0.29, 0.717) is 34.9 Å². The van der Waals surface area contributed by atoms with Crippen LogP contribution in [0.5, 0.6) is 11.5 Å². The number of esters is 1. The zero-order valence-corrected chi connectivity index (χ0v) is 20.8. The molecule has 1 amide bonds. The summed E-state index contributed by atoms with van der Waals surface area (Å²) in [7, 11) is 2.80. The summed E-state index contributed by atoms with van der Waals surface area (Å²) in [4.78, 5) is 40.1. The number of hydrogen-bond donors (Lipinski definition) is 1. The third-order valence-corrected chi connectivity index (χ3v) is 6.02. The van der Waals surface area contributed by atoms with Crippen LogP contribution in [0.1, 0.15) is 40.9 Å². The molecule has 1 aliphatic rings. The second-order valence-electron chi connectivity index (χ2n) is 8.36. The number of amides is 1. The molecule has 1 heterocycles. The van der Waals surface area contributed by atoms with Gasteiger partial charge in [0.1, 0.15) is 17.3 Å². The standard InChI is InChI=1S/C29H27NO7/c1-4-16-37-23-14-10-19(11-15-23)26(31)24-25(18-8-12-22(35-2)13-9-18)30(28(33)27(24)32)21-7-5-6-20(17-21)29(34)36-3/h5-15,17,25,31H,4,16H2,1-3H3/b26-24+. The molecule has 1 N–H and O–H groups in total. The minimum Gasteiger partial charge on any atom is -0.507 e. The summed E-state index contributed by atoms with van der Waals surface area (Å²) >= 11 is 0. The summed E-state index contributed by atoms with van der Waals surface area (Å²) in [5.41, 5.74) is 1.41. The smallest absolute Gasteiger partial charge is 0.337 e. The molecule has 1 atom stereocenters. The summed E-state index contributed by atoms with van der Waals surface area (Å²) in [6.07, 6.45) is 0.851. The second-order valence-corrected chi connectivity index (χ2v) is 8.36. The van der Waals surface area contributed by atoms with E-state index in [1.807, 2.05) is 6.92 Å². The highest BCUT2D eigenvalue weighted by Gasteiger charge is 2.47. The van der Waals surface area contributed by atoms with Crippen molar-refractivity contribution in [2.75, 3.05) is 25.7 Å². The van der Waals surface area contributed by atoms with Gasteiger partial charge in [0, 0.05) is 11.3 Å². The highest BCUT2D eigenvalue weighted by Crippen LogP contribution is 2.42. The molecule has 3 aromatic rings. The number of aliphatic hydroxyl groups excluding tert-OH is 1. The summed E-state index contributed by atoms with van der Waals surface area (Å²) in [6.45, 7) is 2.55. The summed E-state index contributed by atoms with van der Waals surface area (Å²) in [5.74, 6) is -1.33. The molecule has 0 aliphatic carbocycles. The Hall–Kier alpha value is -4.59. The number of Topliss-reactive ketones (excluding diaryl/α,β-unsaturated/α-hetero) is 1. The van der Waals surface area contributed by atoms with Gasteiger partial charge in [0.15, 0.2) is 0 Å².